The second-order valence-corrected chi connectivity index (χ2v) is 8.94. The van der Waals surface area contributed by atoms with Crippen molar-refractivity contribution >= 4 is 40.6 Å². The van der Waals surface area contributed by atoms with Crippen molar-refractivity contribution < 1.29 is 27.5 Å². The summed E-state index contributed by atoms with van der Waals surface area (Å²) in [7, 11) is 3.25. The summed E-state index contributed by atoms with van der Waals surface area (Å²) in [5.74, 6) is -0.489. The SMILES string of the molecule is C=CC(=O)Nc1cccc(Nc2nc(Nc3ccc(C4CCN(C)C(=O)C4)cc3OC)ncc2C(F)(F)F)c1. The molecule has 0 saturated carbocycles. The number of hydrogen-bond acceptors (Lipinski definition) is 7. The van der Waals surface area contributed by atoms with E-state index in [1.165, 1.54) is 19.2 Å². The van der Waals surface area contributed by atoms with Gasteiger partial charge >= 0.3 is 6.18 Å². The van der Waals surface area contributed by atoms with Gasteiger partial charge in [-0.25, -0.2) is 4.98 Å². The minimum atomic E-state index is -4.72. The second-order valence-electron chi connectivity index (χ2n) is 8.94. The third-order valence-corrected chi connectivity index (χ3v) is 6.28. The van der Waals surface area contributed by atoms with Crippen LogP contribution in [0.15, 0.2) is 61.3 Å². The molecule has 3 N–H and O–H groups in total. The van der Waals surface area contributed by atoms with Gasteiger partial charge in [0, 0.05) is 37.6 Å². The van der Waals surface area contributed by atoms with Gasteiger partial charge in [0.05, 0.1) is 12.8 Å². The number of likely N-dealkylation sites (tertiary alicyclic amines) is 1. The molecule has 9 nitrogen and oxygen atoms in total. The lowest BCUT2D eigenvalue weighted by atomic mass is 9.89. The Labute approximate surface area is 223 Å². The van der Waals surface area contributed by atoms with E-state index in [1.807, 2.05) is 6.07 Å². The molecule has 204 valence electrons. The average molecular weight is 541 g/mol. The fraction of sp³-hybridized carbons (Fsp3) is 0.259. The number of alkyl halides is 3. The summed E-state index contributed by atoms with van der Waals surface area (Å²) >= 11 is 0. The first kappa shape index (κ1) is 27.4. The van der Waals surface area contributed by atoms with E-state index in [0.717, 1.165) is 18.1 Å². The van der Waals surface area contributed by atoms with E-state index >= 15 is 0 Å². The van der Waals surface area contributed by atoms with Gasteiger partial charge in [0.1, 0.15) is 17.1 Å². The topological polar surface area (TPSA) is 108 Å². The van der Waals surface area contributed by atoms with Gasteiger partial charge in [-0.3, -0.25) is 9.59 Å². The van der Waals surface area contributed by atoms with E-state index in [2.05, 4.69) is 32.5 Å². The number of carbonyl (C=O) groups is 2. The Morgan fingerprint density at radius 1 is 1.18 bits per heavy atom. The van der Waals surface area contributed by atoms with Crippen LogP contribution in [0.1, 0.15) is 29.9 Å². The first-order valence-electron chi connectivity index (χ1n) is 12.0. The molecule has 4 rings (SSSR count). The lowest BCUT2D eigenvalue weighted by Crippen LogP contribution is -2.34. The third kappa shape index (κ3) is 6.64. The number of hydrogen-bond donors (Lipinski definition) is 3. The molecular formula is C27H27F3N6O3. The van der Waals surface area contributed by atoms with E-state index in [4.69, 9.17) is 4.74 Å². The Hall–Kier alpha value is -4.61. The maximum atomic E-state index is 13.7. The van der Waals surface area contributed by atoms with Crippen LogP contribution in [0.4, 0.5) is 42.0 Å². The Morgan fingerprint density at radius 2 is 1.95 bits per heavy atom. The summed E-state index contributed by atoms with van der Waals surface area (Å²) in [6.07, 6.45) is -1.75. The van der Waals surface area contributed by atoms with E-state index < -0.39 is 23.5 Å². The van der Waals surface area contributed by atoms with Crippen molar-refractivity contribution in [3.8, 4) is 5.75 Å². The van der Waals surface area contributed by atoms with Crippen LogP contribution in [-0.4, -0.2) is 47.4 Å². The van der Waals surface area contributed by atoms with Crippen LogP contribution in [0.3, 0.4) is 0 Å². The number of carbonyl (C=O) groups excluding carboxylic acids is 2. The van der Waals surface area contributed by atoms with E-state index in [0.29, 0.717) is 36.3 Å². The van der Waals surface area contributed by atoms with Crippen LogP contribution >= 0.6 is 0 Å². The van der Waals surface area contributed by atoms with Gasteiger partial charge in [-0.2, -0.15) is 18.2 Å². The van der Waals surface area contributed by atoms with Crippen LogP contribution in [0.5, 0.6) is 5.75 Å². The number of ether oxygens (including phenoxy) is 1. The molecule has 0 bridgehead atoms. The molecule has 1 aliphatic heterocycles. The number of piperidine rings is 1. The molecule has 1 atom stereocenters. The number of nitrogens with one attached hydrogen (secondary N) is 3. The van der Waals surface area contributed by atoms with Crippen molar-refractivity contribution in [3.05, 3.63) is 72.4 Å². The Bertz CT molecular complexity index is 1400. The highest BCUT2D eigenvalue weighted by Gasteiger charge is 2.35. The fourth-order valence-electron chi connectivity index (χ4n) is 4.16. The molecule has 39 heavy (non-hydrogen) atoms. The van der Waals surface area contributed by atoms with Crippen LogP contribution in [-0.2, 0) is 15.8 Å². The molecule has 3 aromatic rings. The summed E-state index contributed by atoms with van der Waals surface area (Å²) in [5.41, 5.74) is 0.935. The molecule has 1 aromatic heterocycles. The van der Waals surface area contributed by atoms with Crippen molar-refractivity contribution in [3.63, 3.8) is 0 Å². The maximum Gasteiger partial charge on any atom is 0.421 e. The molecule has 2 amide bonds. The second kappa shape index (κ2) is 11.4. The molecule has 1 aliphatic rings. The minimum absolute atomic E-state index is 0.0433. The largest absolute Gasteiger partial charge is 0.495 e. The summed E-state index contributed by atoms with van der Waals surface area (Å²) in [5, 5.41) is 8.14. The van der Waals surface area contributed by atoms with Crippen molar-refractivity contribution in [1.29, 1.82) is 0 Å². The van der Waals surface area contributed by atoms with Crippen molar-refractivity contribution in [2.75, 3.05) is 36.7 Å². The van der Waals surface area contributed by atoms with Gasteiger partial charge in [0.25, 0.3) is 0 Å². The van der Waals surface area contributed by atoms with Crippen molar-refractivity contribution in [2.24, 2.45) is 0 Å². The zero-order chi connectivity index (χ0) is 28.2. The summed E-state index contributed by atoms with van der Waals surface area (Å²) < 4.78 is 46.7. The van der Waals surface area contributed by atoms with Crippen LogP contribution < -0.4 is 20.7 Å². The van der Waals surface area contributed by atoms with E-state index in [9.17, 15) is 22.8 Å². The zero-order valence-electron chi connectivity index (χ0n) is 21.3. The molecule has 12 heteroatoms. The lowest BCUT2D eigenvalue weighted by molar-refractivity contribution is -0.137. The monoisotopic (exact) mass is 540 g/mol. The normalized spacial score (nSPS) is 15.5. The predicted octanol–water partition coefficient (Wildman–Crippen LogP) is 5.45. The predicted molar refractivity (Wildman–Crippen MR) is 141 cm³/mol. The number of halogens is 3. The van der Waals surface area contributed by atoms with Gasteiger partial charge in [-0.05, 0) is 54.3 Å². The van der Waals surface area contributed by atoms with Gasteiger partial charge < -0.3 is 25.6 Å². The van der Waals surface area contributed by atoms with Crippen LogP contribution in [0, 0.1) is 0 Å². The molecule has 0 aliphatic carbocycles. The maximum absolute atomic E-state index is 13.7. The van der Waals surface area contributed by atoms with Crippen molar-refractivity contribution in [2.45, 2.75) is 24.9 Å². The number of amides is 2. The zero-order valence-corrected chi connectivity index (χ0v) is 21.3. The smallest absolute Gasteiger partial charge is 0.421 e. The number of anilines is 5. The third-order valence-electron chi connectivity index (χ3n) is 6.28. The summed E-state index contributed by atoms with van der Waals surface area (Å²) in [6, 6.07) is 11.5. The number of aromatic nitrogens is 2. The van der Waals surface area contributed by atoms with Crippen LogP contribution in [0.25, 0.3) is 0 Å². The number of nitrogens with zero attached hydrogens (tertiary/aromatic N) is 3. The van der Waals surface area contributed by atoms with Gasteiger partial charge in [0.2, 0.25) is 17.8 Å². The van der Waals surface area contributed by atoms with Crippen LogP contribution in [0.2, 0.25) is 0 Å². The van der Waals surface area contributed by atoms with Gasteiger partial charge in [0.15, 0.2) is 0 Å². The number of benzene rings is 2. The quantitative estimate of drug-likeness (QED) is 0.326. The van der Waals surface area contributed by atoms with E-state index in [1.54, 1.807) is 36.2 Å². The molecular weight excluding hydrogens is 513 g/mol. The highest BCUT2D eigenvalue weighted by molar-refractivity contribution is 5.99. The highest BCUT2D eigenvalue weighted by Crippen LogP contribution is 2.37. The molecule has 2 heterocycles. The minimum Gasteiger partial charge on any atom is -0.495 e. The molecule has 0 spiro atoms. The Balaban J connectivity index is 1.60. The highest BCUT2D eigenvalue weighted by atomic mass is 19.4. The number of rotatable bonds is 8. The Morgan fingerprint density at radius 3 is 2.64 bits per heavy atom. The molecule has 2 aromatic carbocycles. The first-order valence-corrected chi connectivity index (χ1v) is 12.0. The Kier molecular flexibility index (Phi) is 8.03. The van der Waals surface area contributed by atoms with E-state index in [-0.39, 0.29) is 23.5 Å². The molecule has 1 unspecified atom stereocenters. The van der Waals surface area contributed by atoms with Crippen molar-refractivity contribution in [1.82, 2.24) is 14.9 Å². The molecule has 0 radical (unpaired) electrons. The average Bonchev–Trinajstić information content (AvgIpc) is 2.90. The fourth-order valence-corrected chi connectivity index (χ4v) is 4.16. The standard InChI is InChI=1S/C27H27F3N6O3/c1-4-23(37)32-18-6-5-7-19(14-18)33-25-20(27(28,29)30)15-31-26(35-25)34-21-9-8-16(12-22(21)39-3)17-10-11-36(2)24(38)13-17/h4-9,12,14-15,17H,1,10-11,13H2,2-3H3,(H,32,37)(H2,31,33,34,35). The van der Waals surface area contributed by atoms with Gasteiger partial charge in [-0.1, -0.05) is 18.7 Å². The molecule has 1 saturated heterocycles. The van der Waals surface area contributed by atoms with Gasteiger partial charge in [-0.15, -0.1) is 0 Å². The lowest BCUT2D eigenvalue weighted by Gasteiger charge is -2.29. The summed E-state index contributed by atoms with van der Waals surface area (Å²) in [4.78, 5) is 33.4. The first-order chi connectivity index (χ1) is 18.6. The summed E-state index contributed by atoms with van der Waals surface area (Å²) in [6.45, 7) is 4.03. The molecule has 1 fully saturated rings. The number of methoxy groups -OCH3 is 1.